The van der Waals surface area contributed by atoms with Crippen molar-refractivity contribution in [2.75, 3.05) is 5.32 Å². The molecule has 2 aliphatic heterocycles. The molecule has 0 amide bonds. The van der Waals surface area contributed by atoms with Gasteiger partial charge in [-0.1, -0.05) is 96.7 Å². The van der Waals surface area contributed by atoms with Crippen molar-refractivity contribution in [2.24, 2.45) is 0 Å². The third-order valence-electron chi connectivity index (χ3n) is 7.76. The third kappa shape index (κ3) is 2.22. The molecule has 34 heavy (non-hydrogen) atoms. The van der Waals surface area contributed by atoms with Crippen molar-refractivity contribution in [3.8, 4) is 22.3 Å². The van der Waals surface area contributed by atoms with Crippen LogP contribution in [-0.4, -0.2) is 0 Å². The largest absolute Gasteiger partial charge is 0.380 e. The molecule has 0 atom stereocenters. The maximum absolute atomic E-state index is 3.63. The highest BCUT2D eigenvalue weighted by Gasteiger charge is 2.50. The van der Waals surface area contributed by atoms with Crippen molar-refractivity contribution in [1.82, 2.24) is 0 Å². The Bertz CT molecular complexity index is 1600. The summed E-state index contributed by atoms with van der Waals surface area (Å²) >= 11 is 1.92. The van der Waals surface area contributed by atoms with Gasteiger partial charge in [-0.25, -0.2) is 0 Å². The Morgan fingerprint density at radius 2 is 1.15 bits per heavy atom. The fourth-order valence-corrected chi connectivity index (χ4v) is 7.64. The lowest BCUT2D eigenvalue weighted by atomic mass is 9.66. The maximum atomic E-state index is 3.63. The number of benzene rings is 5. The van der Waals surface area contributed by atoms with Crippen LogP contribution in [0.4, 0.5) is 5.69 Å². The second-order valence-electron chi connectivity index (χ2n) is 9.34. The SMILES string of the molecule is c1ccc2c(c1)NCc1cc3c(cc1-2)C1(c2ccccc2S3)c2ccccc2-c2ccccc21. The molecule has 5 aromatic rings. The van der Waals surface area contributed by atoms with E-state index in [1.54, 1.807) is 0 Å². The molecule has 5 aromatic carbocycles. The lowest BCUT2D eigenvalue weighted by molar-refractivity contribution is 0.721. The first-order valence-electron chi connectivity index (χ1n) is 11.8. The van der Waals surface area contributed by atoms with E-state index in [9.17, 15) is 0 Å². The summed E-state index contributed by atoms with van der Waals surface area (Å²) < 4.78 is 0. The van der Waals surface area contributed by atoms with E-state index >= 15 is 0 Å². The van der Waals surface area contributed by atoms with E-state index in [4.69, 9.17) is 0 Å². The van der Waals surface area contributed by atoms with Crippen LogP contribution in [0, 0.1) is 0 Å². The van der Waals surface area contributed by atoms with Crippen molar-refractivity contribution in [3.05, 3.63) is 137 Å². The van der Waals surface area contributed by atoms with Gasteiger partial charge in [0.2, 0.25) is 0 Å². The predicted octanol–water partition coefficient (Wildman–Crippen LogP) is 8.11. The van der Waals surface area contributed by atoms with Crippen LogP contribution in [0.25, 0.3) is 22.3 Å². The summed E-state index contributed by atoms with van der Waals surface area (Å²) in [6.45, 7) is 0.863. The molecule has 0 bridgehead atoms. The summed E-state index contributed by atoms with van der Waals surface area (Å²) in [5.41, 5.74) is 13.2. The molecular weight excluding hydrogens is 430 g/mol. The molecule has 3 aliphatic rings. The zero-order valence-electron chi connectivity index (χ0n) is 18.5. The summed E-state index contributed by atoms with van der Waals surface area (Å²) in [5, 5.41) is 3.63. The quantitative estimate of drug-likeness (QED) is 0.250. The molecule has 0 unspecified atom stereocenters. The number of hydrogen-bond donors (Lipinski definition) is 1. The van der Waals surface area contributed by atoms with Crippen LogP contribution in [0.1, 0.15) is 27.8 Å². The first-order valence-corrected chi connectivity index (χ1v) is 12.6. The van der Waals surface area contributed by atoms with Gasteiger partial charge in [-0.2, -0.15) is 0 Å². The fourth-order valence-electron chi connectivity index (χ4n) is 6.40. The van der Waals surface area contributed by atoms with Crippen LogP contribution < -0.4 is 5.32 Å². The molecule has 0 fully saturated rings. The summed E-state index contributed by atoms with van der Waals surface area (Å²) in [6, 6.07) is 40.7. The van der Waals surface area contributed by atoms with Gasteiger partial charge in [-0.15, -0.1) is 0 Å². The van der Waals surface area contributed by atoms with Gasteiger partial charge >= 0.3 is 0 Å². The normalized spacial score (nSPS) is 15.3. The molecule has 1 aliphatic carbocycles. The van der Waals surface area contributed by atoms with Gasteiger partial charge in [-0.05, 0) is 68.8 Å². The Balaban J connectivity index is 1.54. The van der Waals surface area contributed by atoms with E-state index in [0.29, 0.717) is 0 Å². The van der Waals surface area contributed by atoms with Gasteiger partial charge in [0.05, 0.1) is 5.41 Å². The topological polar surface area (TPSA) is 12.0 Å². The lowest BCUT2D eigenvalue weighted by Gasteiger charge is -2.40. The molecule has 2 heteroatoms. The molecule has 1 nitrogen and oxygen atoms in total. The average Bonchev–Trinajstić information content (AvgIpc) is 3.19. The van der Waals surface area contributed by atoms with Crippen LogP contribution in [0.3, 0.4) is 0 Å². The standard InChI is InChI=1S/C32H21NS/c1-4-12-25-21(9-1)22-10-2-5-13-26(22)32(25)27-14-6-8-16-30(27)34-31-17-20-19-33-29-15-7-3-11-23(29)24(20)18-28(31)32/h1-18,33H,19H2. The molecule has 0 saturated carbocycles. The van der Waals surface area contributed by atoms with Crippen LogP contribution in [0.15, 0.2) is 119 Å². The van der Waals surface area contributed by atoms with Gasteiger partial charge in [0, 0.05) is 27.6 Å². The molecule has 8 rings (SSSR count). The molecule has 0 radical (unpaired) electrons. The van der Waals surface area contributed by atoms with Gasteiger partial charge in [-0.3, -0.25) is 0 Å². The number of hydrogen-bond acceptors (Lipinski definition) is 2. The van der Waals surface area contributed by atoms with Crippen molar-refractivity contribution in [2.45, 2.75) is 21.8 Å². The first-order chi connectivity index (χ1) is 16.9. The fraction of sp³-hybridized carbons (Fsp3) is 0.0625. The van der Waals surface area contributed by atoms with Crippen molar-refractivity contribution >= 4 is 17.4 Å². The lowest BCUT2D eigenvalue weighted by Crippen LogP contribution is -2.32. The number of nitrogens with one attached hydrogen (secondary N) is 1. The molecule has 1 N–H and O–H groups in total. The van der Waals surface area contributed by atoms with Crippen molar-refractivity contribution in [3.63, 3.8) is 0 Å². The minimum absolute atomic E-state index is 0.306. The molecule has 2 heterocycles. The van der Waals surface area contributed by atoms with Crippen LogP contribution in [0.5, 0.6) is 0 Å². The predicted molar refractivity (Wildman–Crippen MR) is 141 cm³/mol. The number of fused-ring (bicyclic) bond motifs is 12. The molecule has 0 aromatic heterocycles. The Morgan fingerprint density at radius 1 is 0.529 bits per heavy atom. The summed E-state index contributed by atoms with van der Waals surface area (Å²) in [4.78, 5) is 2.72. The van der Waals surface area contributed by atoms with Gasteiger partial charge in [0.1, 0.15) is 0 Å². The zero-order chi connectivity index (χ0) is 22.3. The second-order valence-corrected chi connectivity index (χ2v) is 10.4. The summed E-state index contributed by atoms with van der Waals surface area (Å²) in [7, 11) is 0. The zero-order valence-corrected chi connectivity index (χ0v) is 19.3. The first kappa shape index (κ1) is 18.7. The Hall–Kier alpha value is -3.75. The molecular formula is C32H21NS. The van der Waals surface area contributed by atoms with E-state index in [0.717, 1.165) is 6.54 Å². The van der Waals surface area contributed by atoms with E-state index in [2.05, 4.69) is 115 Å². The maximum Gasteiger partial charge on any atom is 0.0735 e. The minimum atomic E-state index is -0.306. The number of para-hydroxylation sites is 1. The van der Waals surface area contributed by atoms with Crippen LogP contribution in [-0.2, 0) is 12.0 Å². The minimum Gasteiger partial charge on any atom is -0.380 e. The number of rotatable bonds is 0. The Kier molecular flexibility index (Phi) is 3.65. The monoisotopic (exact) mass is 451 g/mol. The van der Waals surface area contributed by atoms with Gasteiger partial charge < -0.3 is 5.32 Å². The van der Waals surface area contributed by atoms with E-state index in [-0.39, 0.29) is 5.41 Å². The van der Waals surface area contributed by atoms with Crippen LogP contribution >= 0.6 is 11.8 Å². The van der Waals surface area contributed by atoms with Crippen molar-refractivity contribution < 1.29 is 0 Å². The number of anilines is 1. The Labute approximate surface area is 203 Å². The molecule has 0 saturated heterocycles. The van der Waals surface area contributed by atoms with Gasteiger partial charge in [0.15, 0.2) is 0 Å². The van der Waals surface area contributed by atoms with Gasteiger partial charge in [0.25, 0.3) is 0 Å². The van der Waals surface area contributed by atoms with E-state index < -0.39 is 0 Å². The van der Waals surface area contributed by atoms with Crippen molar-refractivity contribution in [1.29, 1.82) is 0 Å². The average molecular weight is 452 g/mol. The third-order valence-corrected chi connectivity index (χ3v) is 8.89. The highest BCUT2D eigenvalue weighted by molar-refractivity contribution is 7.99. The smallest absolute Gasteiger partial charge is 0.0735 e. The molecule has 1 spiro atoms. The summed E-state index contributed by atoms with van der Waals surface area (Å²) in [5.74, 6) is 0. The Morgan fingerprint density at radius 3 is 1.91 bits per heavy atom. The van der Waals surface area contributed by atoms with E-state index in [1.807, 2.05) is 11.8 Å². The highest BCUT2D eigenvalue weighted by Crippen LogP contribution is 2.62. The summed E-state index contributed by atoms with van der Waals surface area (Å²) in [6.07, 6.45) is 0. The molecule has 160 valence electrons. The highest BCUT2D eigenvalue weighted by atomic mass is 32.2. The van der Waals surface area contributed by atoms with Crippen LogP contribution in [0.2, 0.25) is 0 Å². The second kappa shape index (κ2) is 6.65. The van der Waals surface area contributed by atoms with E-state index in [1.165, 1.54) is 65.5 Å².